The standard InChI is InChI=1S/C15H23N3O2S/c1-21-11-6-12(16)15(20)18-9-7-17(8-10-18)13-4-2-3-5-14(13)19/h2-5,12,19H,6-11,16H2,1H3/t12-/m0/s1. The zero-order valence-corrected chi connectivity index (χ0v) is 13.2. The van der Waals surface area contributed by atoms with Crippen LogP contribution in [0.1, 0.15) is 6.42 Å². The number of hydrogen-bond donors (Lipinski definition) is 2. The molecule has 1 atom stereocenters. The van der Waals surface area contributed by atoms with Gasteiger partial charge in [-0.25, -0.2) is 0 Å². The van der Waals surface area contributed by atoms with Crippen molar-refractivity contribution in [2.75, 3.05) is 43.1 Å². The summed E-state index contributed by atoms with van der Waals surface area (Å²) in [5, 5.41) is 9.88. The average Bonchev–Trinajstić information content (AvgIpc) is 2.52. The Hall–Kier alpha value is -1.40. The van der Waals surface area contributed by atoms with Crippen LogP contribution in [0.3, 0.4) is 0 Å². The Bertz CT molecular complexity index is 476. The largest absolute Gasteiger partial charge is 0.506 e. The quantitative estimate of drug-likeness (QED) is 0.853. The molecule has 0 aliphatic carbocycles. The van der Waals surface area contributed by atoms with Gasteiger partial charge in [0.2, 0.25) is 5.91 Å². The van der Waals surface area contributed by atoms with Crippen LogP contribution in [0.2, 0.25) is 0 Å². The molecule has 116 valence electrons. The Kier molecular flexibility index (Phi) is 5.76. The Morgan fingerprint density at radius 1 is 1.33 bits per heavy atom. The number of carbonyl (C=O) groups excluding carboxylic acids is 1. The van der Waals surface area contributed by atoms with E-state index in [9.17, 15) is 9.90 Å². The van der Waals surface area contributed by atoms with E-state index in [0.717, 1.165) is 31.0 Å². The summed E-state index contributed by atoms with van der Waals surface area (Å²) in [6, 6.07) is 6.91. The minimum Gasteiger partial charge on any atom is -0.506 e. The van der Waals surface area contributed by atoms with Gasteiger partial charge in [-0.05, 0) is 30.6 Å². The number of phenolic OH excluding ortho intramolecular Hbond substituents is 1. The summed E-state index contributed by atoms with van der Waals surface area (Å²) in [5.74, 6) is 1.24. The van der Waals surface area contributed by atoms with Gasteiger partial charge in [0.1, 0.15) is 5.75 Å². The van der Waals surface area contributed by atoms with E-state index in [1.807, 2.05) is 29.4 Å². The summed E-state index contributed by atoms with van der Waals surface area (Å²) in [5.41, 5.74) is 6.78. The van der Waals surface area contributed by atoms with Gasteiger partial charge in [-0.3, -0.25) is 4.79 Å². The number of piperazine rings is 1. The highest BCUT2D eigenvalue weighted by Gasteiger charge is 2.25. The van der Waals surface area contributed by atoms with E-state index in [1.54, 1.807) is 17.8 Å². The number of thioether (sulfide) groups is 1. The second-order valence-electron chi connectivity index (χ2n) is 5.19. The highest BCUT2D eigenvalue weighted by Crippen LogP contribution is 2.27. The molecule has 0 radical (unpaired) electrons. The van der Waals surface area contributed by atoms with Crippen molar-refractivity contribution in [2.24, 2.45) is 5.73 Å². The lowest BCUT2D eigenvalue weighted by Gasteiger charge is -2.37. The Morgan fingerprint density at radius 3 is 2.62 bits per heavy atom. The average molecular weight is 309 g/mol. The number of rotatable bonds is 5. The topological polar surface area (TPSA) is 69.8 Å². The van der Waals surface area contributed by atoms with Gasteiger partial charge in [-0.2, -0.15) is 11.8 Å². The fourth-order valence-corrected chi connectivity index (χ4v) is 2.99. The molecule has 1 aromatic rings. The zero-order valence-electron chi connectivity index (χ0n) is 12.4. The van der Waals surface area contributed by atoms with E-state index >= 15 is 0 Å². The van der Waals surface area contributed by atoms with E-state index in [-0.39, 0.29) is 11.7 Å². The second-order valence-corrected chi connectivity index (χ2v) is 6.17. The summed E-state index contributed by atoms with van der Waals surface area (Å²) in [4.78, 5) is 16.2. The molecule has 0 bridgehead atoms. The molecule has 1 aliphatic heterocycles. The van der Waals surface area contributed by atoms with Crippen molar-refractivity contribution in [1.29, 1.82) is 0 Å². The third-order valence-corrected chi connectivity index (χ3v) is 4.41. The number of para-hydroxylation sites is 2. The van der Waals surface area contributed by atoms with Crippen LogP contribution in [-0.4, -0.2) is 60.1 Å². The number of aromatic hydroxyl groups is 1. The maximum atomic E-state index is 12.2. The molecule has 1 aliphatic rings. The van der Waals surface area contributed by atoms with Gasteiger partial charge >= 0.3 is 0 Å². The highest BCUT2D eigenvalue weighted by molar-refractivity contribution is 7.98. The van der Waals surface area contributed by atoms with Crippen molar-refractivity contribution < 1.29 is 9.90 Å². The van der Waals surface area contributed by atoms with E-state index in [1.165, 1.54) is 0 Å². The van der Waals surface area contributed by atoms with E-state index < -0.39 is 6.04 Å². The summed E-state index contributed by atoms with van der Waals surface area (Å²) < 4.78 is 0. The van der Waals surface area contributed by atoms with Gasteiger partial charge in [-0.1, -0.05) is 12.1 Å². The van der Waals surface area contributed by atoms with Crippen LogP contribution in [0, 0.1) is 0 Å². The molecule has 1 heterocycles. The summed E-state index contributed by atoms with van der Waals surface area (Å²) in [7, 11) is 0. The molecule has 0 aromatic heterocycles. The Labute approximate surface area is 130 Å². The number of benzene rings is 1. The van der Waals surface area contributed by atoms with Gasteiger partial charge in [0.25, 0.3) is 0 Å². The predicted octanol–water partition coefficient (Wildman–Crippen LogP) is 1.12. The van der Waals surface area contributed by atoms with Crippen LogP contribution in [0.25, 0.3) is 0 Å². The lowest BCUT2D eigenvalue weighted by molar-refractivity contribution is -0.132. The van der Waals surface area contributed by atoms with Crippen molar-refractivity contribution in [3.8, 4) is 5.75 Å². The number of hydrogen-bond acceptors (Lipinski definition) is 5. The number of phenols is 1. The monoisotopic (exact) mass is 309 g/mol. The normalized spacial score (nSPS) is 16.9. The molecule has 0 spiro atoms. The summed E-state index contributed by atoms with van der Waals surface area (Å²) in [6.45, 7) is 2.75. The third-order valence-electron chi connectivity index (χ3n) is 3.76. The Balaban J connectivity index is 1.88. The molecular weight excluding hydrogens is 286 g/mol. The van der Waals surface area contributed by atoms with Crippen molar-refractivity contribution in [1.82, 2.24) is 4.90 Å². The molecule has 1 aromatic carbocycles. The molecule has 5 nitrogen and oxygen atoms in total. The molecule has 3 N–H and O–H groups in total. The predicted molar refractivity (Wildman–Crippen MR) is 87.9 cm³/mol. The maximum Gasteiger partial charge on any atom is 0.239 e. The molecule has 1 fully saturated rings. The number of nitrogens with zero attached hydrogens (tertiary/aromatic N) is 2. The second kappa shape index (κ2) is 7.56. The smallest absolute Gasteiger partial charge is 0.239 e. The fraction of sp³-hybridized carbons (Fsp3) is 0.533. The Morgan fingerprint density at radius 2 is 2.00 bits per heavy atom. The SMILES string of the molecule is CSCC[C@H](N)C(=O)N1CCN(c2ccccc2O)CC1. The minimum atomic E-state index is -0.394. The van der Waals surface area contributed by atoms with Crippen molar-refractivity contribution in [3.05, 3.63) is 24.3 Å². The van der Waals surface area contributed by atoms with Crippen LogP contribution in [-0.2, 0) is 4.79 Å². The van der Waals surface area contributed by atoms with Crippen LogP contribution in [0.15, 0.2) is 24.3 Å². The number of carbonyl (C=O) groups is 1. The van der Waals surface area contributed by atoms with E-state index in [4.69, 9.17) is 5.73 Å². The first kappa shape index (κ1) is 16.0. The van der Waals surface area contributed by atoms with E-state index in [2.05, 4.69) is 4.90 Å². The third kappa shape index (κ3) is 4.04. The van der Waals surface area contributed by atoms with Gasteiger partial charge in [0.15, 0.2) is 0 Å². The van der Waals surface area contributed by atoms with Crippen LogP contribution in [0.4, 0.5) is 5.69 Å². The molecule has 6 heteroatoms. The first-order chi connectivity index (χ1) is 10.1. The van der Waals surface area contributed by atoms with Crippen molar-refractivity contribution in [2.45, 2.75) is 12.5 Å². The van der Waals surface area contributed by atoms with Crippen LogP contribution in [0.5, 0.6) is 5.75 Å². The maximum absolute atomic E-state index is 12.2. The van der Waals surface area contributed by atoms with Gasteiger partial charge in [0.05, 0.1) is 11.7 Å². The molecule has 1 saturated heterocycles. The lowest BCUT2D eigenvalue weighted by Crippen LogP contribution is -2.53. The zero-order chi connectivity index (χ0) is 15.2. The number of anilines is 1. The molecule has 0 saturated carbocycles. The highest BCUT2D eigenvalue weighted by atomic mass is 32.2. The van der Waals surface area contributed by atoms with Crippen LogP contribution >= 0.6 is 11.8 Å². The molecule has 0 unspecified atom stereocenters. The first-order valence-corrected chi connectivity index (χ1v) is 8.59. The molecule has 2 rings (SSSR count). The molecular formula is C15H23N3O2S. The summed E-state index contributed by atoms with van der Waals surface area (Å²) >= 11 is 1.71. The van der Waals surface area contributed by atoms with Gasteiger partial charge in [-0.15, -0.1) is 0 Å². The van der Waals surface area contributed by atoms with Crippen molar-refractivity contribution >= 4 is 23.4 Å². The first-order valence-electron chi connectivity index (χ1n) is 7.19. The molecule has 1 amide bonds. The van der Waals surface area contributed by atoms with Gasteiger partial charge in [0, 0.05) is 26.2 Å². The van der Waals surface area contributed by atoms with Crippen molar-refractivity contribution in [3.63, 3.8) is 0 Å². The number of amides is 1. The lowest BCUT2D eigenvalue weighted by atomic mass is 10.1. The number of nitrogens with two attached hydrogens (primary N) is 1. The minimum absolute atomic E-state index is 0.0426. The summed E-state index contributed by atoms with van der Waals surface area (Å²) in [6.07, 6.45) is 2.74. The van der Waals surface area contributed by atoms with Crippen LogP contribution < -0.4 is 10.6 Å². The van der Waals surface area contributed by atoms with E-state index in [0.29, 0.717) is 13.1 Å². The fourth-order valence-electron chi connectivity index (χ4n) is 2.50. The van der Waals surface area contributed by atoms with Gasteiger partial charge < -0.3 is 20.6 Å². The molecule has 21 heavy (non-hydrogen) atoms.